The fraction of sp³-hybridized carbons (Fsp3) is 0.750. The molecule has 0 bridgehead atoms. The summed E-state index contributed by atoms with van der Waals surface area (Å²) >= 11 is 6.21. The quantitative estimate of drug-likeness (QED) is 0.796. The smallest absolute Gasteiger partial charge is 0.0834 e. The van der Waals surface area contributed by atoms with E-state index in [0.29, 0.717) is 6.04 Å². The van der Waals surface area contributed by atoms with E-state index >= 15 is 0 Å². The summed E-state index contributed by atoms with van der Waals surface area (Å²) in [6, 6.07) is 0.321. The SMILES string of the molecule is CCCCC(NC)c1c(Cl)cnn1CCC. The van der Waals surface area contributed by atoms with Gasteiger partial charge in [-0.25, -0.2) is 0 Å². The molecule has 0 spiro atoms. The molecule has 16 heavy (non-hydrogen) atoms. The van der Waals surface area contributed by atoms with Crippen LogP contribution in [0.15, 0.2) is 6.20 Å². The molecule has 0 aliphatic carbocycles. The van der Waals surface area contributed by atoms with Crippen LogP contribution in [0, 0.1) is 0 Å². The van der Waals surface area contributed by atoms with Crippen molar-refractivity contribution in [3.05, 3.63) is 16.9 Å². The summed E-state index contributed by atoms with van der Waals surface area (Å²) in [7, 11) is 1.99. The number of unbranched alkanes of at least 4 members (excludes halogenated alkanes) is 1. The summed E-state index contributed by atoms with van der Waals surface area (Å²) in [5.74, 6) is 0. The zero-order chi connectivity index (χ0) is 12.0. The third-order valence-corrected chi connectivity index (χ3v) is 3.08. The van der Waals surface area contributed by atoms with Crippen LogP contribution in [0.2, 0.25) is 5.02 Å². The third-order valence-electron chi connectivity index (χ3n) is 2.79. The van der Waals surface area contributed by atoms with Gasteiger partial charge in [-0.2, -0.15) is 5.10 Å². The van der Waals surface area contributed by atoms with Gasteiger partial charge in [0.1, 0.15) is 0 Å². The van der Waals surface area contributed by atoms with Gasteiger partial charge in [-0.15, -0.1) is 0 Å². The number of hydrogen-bond acceptors (Lipinski definition) is 2. The lowest BCUT2D eigenvalue weighted by Crippen LogP contribution is -2.21. The fourth-order valence-corrected chi connectivity index (χ4v) is 2.21. The zero-order valence-electron chi connectivity index (χ0n) is 10.5. The molecule has 0 saturated heterocycles. The van der Waals surface area contributed by atoms with E-state index in [9.17, 15) is 0 Å². The molecule has 0 saturated carbocycles. The highest BCUT2D eigenvalue weighted by Crippen LogP contribution is 2.26. The number of rotatable bonds is 7. The van der Waals surface area contributed by atoms with E-state index in [1.54, 1.807) is 6.20 Å². The first kappa shape index (κ1) is 13.5. The Morgan fingerprint density at radius 2 is 2.19 bits per heavy atom. The summed E-state index contributed by atoms with van der Waals surface area (Å²) in [6.07, 6.45) is 6.36. The van der Waals surface area contributed by atoms with Crippen molar-refractivity contribution >= 4 is 11.6 Å². The van der Waals surface area contributed by atoms with Crippen LogP contribution in [0.3, 0.4) is 0 Å². The Hall–Kier alpha value is -0.540. The molecule has 4 heteroatoms. The van der Waals surface area contributed by atoms with E-state index in [4.69, 9.17) is 11.6 Å². The van der Waals surface area contributed by atoms with Crippen LogP contribution >= 0.6 is 11.6 Å². The Morgan fingerprint density at radius 3 is 2.75 bits per heavy atom. The average Bonchev–Trinajstić information content (AvgIpc) is 2.63. The molecule has 1 aromatic heterocycles. The Balaban J connectivity index is 2.84. The van der Waals surface area contributed by atoms with Crippen LogP contribution in [0.4, 0.5) is 0 Å². The molecular formula is C12H22ClN3. The molecule has 0 radical (unpaired) electrons. The van der Waals surface area contributed by atoms with Gasteiger partial charge in [0.25, 0.3) is 0 Å². The van der Waals surface area contributed by atoms with Gasteiger partial charge in [0.15, 0.2) is 0 Å². The highest BCUT2D eigenvalue weighted by atomic mass is 35.5. The molecule has 0 aromatic carbocycles. The van der Waals surface area contributed by atoms with Gasteiger partial charge < -0.3 is 5.32 Å². The van der Waals surface area contributed by atoms with Crippen LogP contribution < -0.4 is 5.32 Å². The standard InChI is InChI=1S/C12H22ClN3/c1-4-6-7-11(14-3)12-10(13)9-15-16(12)8-5-2/h9,11,14H,4-8H2,1-3H3. The van der Waals surface area contributed by atoms with Gasteiger partial charge in [0, 0.05) is 6.54 Å². The van der Waals surface area contributed by atoms with Gasteiger partial charge in [0.2, 0.25) is 0 Å². The van der Waals surface area contributed by atoms with Crippen molar-refractivity contribution in [3.63, 3.8) is 0 Å². The Kier molecular flexibility index (Phi) is 5.85. The highest BCUT2D eigenvalue weighted by molar-refractivity contribution is 6.31. The van der Waals surface area contributed by atoms with Gasteiger partial charge in [0.05, 0.1) is 23.0 Å². The molecule has 1 heterocycles. The van der Waals surface area contributed by atoms with Crippen molar-refractivity contribution in [1.82, 2.24) is 15.1 Å². The van der Waals surface area contributed by atoms with E-state index in [1.165, 1.54) is 12.8 Å². The lowest BCUT2D eigenvalue weighted by atomic mass is 10.1. The monoisotopic (exact) mass is 243 g/mol. The molecule has 1 atom stereocenters. The summed E-state index contributed by atoms with van der Waals surface area (Å²) in [5, 5.41) is 8.44. The number of nitrogens with zero attached hydrogens (tertiary/aromatic N) is 2. The Labute approximate surface area is 103 Å². The van der Waals surface area contributed by atoms with Crippen LogP contribution in [0.1, 0.15) is 51.3 Å². The van der Waals surface area contributed by atoms with Gasteiger partial charge in [-0.1, -0.05) is 38.3 Å². The minimum absolute atomic E-state index is 0.321. The summed E-state index contributed by atoms with van der Waals surface area (Å²) < 4.78 is 2.03. The van der Waals surface area contributed by atoms with Crippen molar-refractivity contribution in [2.75, 3.05) is 7.05 Å². The van der Waals surface area contributed by atoms with Crippen LogP contribution in [0.25, 0.3) is 0 Å². The first-order valence-corrected chi connectivity index (χ1v) is 6.50. The minimum atomic E-state index is 0.321. The molecular weight excluding hydrogens is 222 g/mol. The second kappa shape index (κ2) is 6.92. The lowest BCUT2D eigenvalue weighted by molar-refractivity contribution is 0.464. The predicted octanol–water partition coefficient (Wildman–Crippen LogP) is 3.40. The number of aryl methyl sites for hydroxylation is 1. The zero-order valence-corrected chi connectivity index (χ0v) is 11.2. The molecule has 0 fully saturated rings. The first-order chi connectivity index (χ1) is 7.74. The van der Waals surface area contributed by atoms with Crippen LogP contribution in [0.5, 0.6) is 0 Å². The molecule has 3 nitrogen and oxygen atoms in total. The predicted molar refractivity (Wildman–Crippen MR) is 68.9 cm³/mol. The minimum Gasteiger partial charge on any atom is -0.312 e. The van der Waals surface area contributed by atoms with E-state index in [1.807, 2.05) is 11.7 Å². The number of halogens is 1. The van der Waals surface area contributed by atoms with Gasteiger partial charge in [-0.05, 0) is 19.9 Å². The Morgan fingerprint density at radius 1 is 1.44 bits per heavy atom. The summed E-state index contributed by atoms with van der Waals surface area (Å²) in [4.78, 5) is 0. The topological polar surface area (TPSA) is 29.9 Å². The molecule has 0 aliphatic rings. The van der Waals surface area contributed by atoms with Gasteiger partial charge >= 0.3 is 0 Å². The molecule has 92 valence electrons. The molecule has 1 rings (SSSR count). The van der Waals surface area contributed by atoms with Crippen molar-refractivity contribution in [1.29, 1.82) is 0 Å². The maximum absolute atomic E-state index is 6.21. The molecule has 1 unspecified atom stereocenters. The van der Waals surface area contributed by atoms with E-state index in [2.05, 4.69) is 24.3 Å². The van der Waals surface area contributed by atoms with Crippen molar-refractivity contribution < 1.29 is 0 Å². The van der Waals surface area contributed by atoms with E-state index in [-0.39, 0.29) is 0 Å². The largest absolute Gasteiger partial charge is 0.312 e. The third kappa shape index (κ3) is 3.22. The molecule has 1 N–H and O–H groups in total. The van der Waals surface area contributed by atoms with Crippen molar-refractivity contribution in [3.8, 4) is 0 Å². The first-order valence-electron chi connectivity index (χ1n) is 6.13. The number of nitrogens with one attached hydrogen (secondary N) is 1. The maximum atomic E-state index is 6.21. The number of aromatic nitrogens is 2. The van der Waals surface area contributed by atoms with E-state index < -0.39 is 0 Å². The molecule has 1 aromatic rings. The summed E-state index contributed by atoms with van der Waals surface area (Å²) in [5.41, 5.74) is 1.14. The van der Waals surface area contributed by atoms with Crippen molar-refractivity contribution in [2.24, 2.45) is 0 Å². The van der Waals surface area contributed by atoms with Crippen LogP contribution in [-0.4, -0.2) is 16.8 Å². The molecule has 0 amide bonds. The second-order valence-electron chi connectivity index (χ2n) is 4.08. The van der Waals surface area contributed by atoms with Gasteiger partial charge in [-0.3, -0.25) is 4.68 Å². The van der Waals surface area contributed by atoms with Crippen molar-refractivity contribution in [2.45, 2.75) is 52.1 Å². The number of hydrogen-bond donors (Lipinski definition) is 1. The molecule has 0 aliphatic heterocycles. The van der Waals surface area contributed by atoms with E-state index in [0.717, 1.165) is 30.1 Å². The summed E-state index contributed by atoms with van der Waals surface area (Å²) in [6.45, 7) is 5.30. The fourth-order valence-electron chi connectivity index (χ4n) is 1.93. The maximum Gasteiger partial charge on any atom is 0.0834 e. The Bertz CT molecular complexity index is 309. The second-order valence-corrected chi connectivity index (χ2v) is 4.49. The normalized spacial score (nSPS) is 13.0. The highest BCUT2D eigenvalue weighted by Gasteiger charge is 2.17. The lowest BCUT2D eigenvalue weighted by Gasteiger charge is -2.18. The average molecular weight is 244 g/mol. The van der Waals surface area contributed by atoms with Crippen LogP contribution in [-0.2, 0) is 6.54 Å².